The lowest BCUT2D eigenvalue weighted by Crippen LogP contribution is -2.46. The van der Waals surface area contributed by atoms with Crippen LogP contribution in [0.1, 0.15) is 32.6 Å². The van der Waals surface area contributed by atoms with Crippen molar-refractivity contribution in [2.75, 3.05) is 13.2 Å². The molecule has 0 aromatic heterocycles. The van der Waals surface area contributed by atoms with Gasteiger partial charge in [0, 0.05) is 5.92 Å². The van der Waals surface area contributed by atoms with Crippen molar-refractivity contribution in [1.82, 2.24) is 0 Å². The SMILES string of the molecule is CCC1([C@H]2C[C@H]3C=C[C@@H]2CC3)OCCO1. The van der Waals surface area contributed by atoms with E-state index in [0.717, 1.165) is 25.6 Å². The fourth-order valence-corrected chi connectivity index (χ4v) is 3.59. The molecule has 4 aliphatic rings. The first-order valence-electron chi connectivity index (χ1n) is 6.30. The average Bonchev–Trinajstić information content (AvgIpc) is 2.80. The maximum atomic E-state index is 5.93. The molecular weight excluding hydrogens is 188 g/mol. The lowest BCUT2D eigenvalue weighted by atomic mass is 9.65. The summed E-state index contributed by atoms with van der Waals surface area (Å²) in [5, 5.41) is 0. The van der Waals surface area contributed by atoms with Crippen LogP contribution in [0.25, 0.3) is 0 Å². The smallest absolute Gasteiger partial charge is 0.171 e. The number of hydrogen-bond acceptors (Lipinski definition) is 2. The van der Waals surface area contributed by atoms with Gasteiger partial charge in [0.25, 0.3) is 0 Å². The minimum atomic E-state index is -0.242. The second kappa shape index (κ2) is 3.60. The Balaban J connectivity index is 1.84. The fourth-order valence-electron chi connectivity index (χ4n) is 3.59. The fraction of sp³-hybridized carbons (Fsp3) is 0.846. The highest BCUT2D eigenvalue weighted by atomic mass is 16.7. The Hall–Kier alpha value is -0.340. The van der Waals surface area contributed by atoms with Gasteiger partial charge in [-0.3, -0.25) is 0 Å². The van der Waals surface area contributed by atoms with Gasteiger partial charge in [0.05, 0.1) is 13.2 Å². The summed E-state index contributed by atoms with van der Waals surface area (Å²) in [6, 6.07) is 0. The van der Waals surface area contributed by atoms with Crippen molar-refractivity contribution in [3.8, 4) is 0 Å². The van der Waals surface area contributed by atoms with E-state index in [4.69, 9.17) is 9.47 Å². The van der Waals surface area contributed by atoms with E-state index < -0.39 is 0 Å². The van der Waals surface area contributed by atoms with Crippen LogP contribution in [0.15, 0.2) is 12.2 Å². The van der Waals surface area contributed by atoms with Crippen molar-refractivity contribution in [3.05, 3.63) is 12.2 Å². The zero-order valence-electron chi connectivity index (χ0n) is 9.45. The highest BCUT2D eigenvalue weighted by Gasteiger charge is 2.49. The van der Waals surface area contributed by atoms with E-state index in [9.17, 15) is 0 Å². The average molecular weight is 208 g/mol. The van der Waals surface area contributed by atoms with Crippen molar-refractivity contribution in [2.24, 2.45) is 17.8 Å². The minimum Gasteiger partial charge on any atom is -0.347 e. The van der Waals surface area contributed by atoms with Crippen molar-refractivity contribution in [3.63, 3.8) is 0 Å². The number of allylic oxidation sites excluding steroid dienone is 2. The second-order valence-electron chi connectivity index (χ2n) is 5.09. The minimum absolute atomic E-state index is 0.242. The van der Waals surface area contributed by atoms with Gasteiger partial charge in [-0.1, -0.05) is 19.1 Å². The summed E-state index contributed by atoms with van der Waals surface area (Å²) in [5.41, 5.74) is 0. The van der Waals surface area contributed by atoms with Gasteiger partial charge in [-0.25, -0.2) is 0 Å². The molecule has 1 saturated carbocycles. The van der Waals surface area contributed by atoms with Gasteiger partial charge in [-0.15, -0.1) is 0 Å². The van der Waals surface area contributed by atoms with E-state index in [1.54, 1.807) is 0 Å². The molecule has 0 spiro atoms. The predicted molar refractivity (Wildman–Crippen MR) is 58.4 cm³/mol. The van der Waals surface area contributed by atoms with Gasteiger partial charge in [0.1, 0.15) is 0 Å². The van der Waals surface area contributed by atoms with Crippen LogP contribution in [0, 0.1) is 17.8 Å². The predicted octanol–water partition coefficient (Wildman–Crippen LogP) is 2.74. The first-order chi connectivity index (χ1) is 7.34. The molecular formula is C13H20O2. The summed E-state index contributed by atoms with van der Waals surface area (Å²) >= 11 is 0. The van der Waals surface area contributed by atoms with Crippen LogP contribution < -0.4 is 0 Å². The molecule has 0 unspecified atom stereocenters. The largest absolute Gasteiger partial charge is 0.347 e. The number of hydrogen-bond donors (Lipinski definition) is 0. The number of fused-ring (bicyclic) bond motifs is 2. The van der Waals surface area contributed by atoms with Gasteiger partial charge in [-0.05, 0) is 37.5 Å². The quantitative estimate of drug-likeness (QED) is 0.650. The third-order valence-corrected chi connectivity index (χ3v) is 4.41. The number of ether oxygens (including phenoxy) is 2. The van der Waals surface area contributed by atoms with Crippen LogP contribution in [0.2, 0.25) is 0 Å². The molecule has 1 aliphatic heterocycles. The van der Waals surface area contributed by atoms with Crippen LogP contribution in [0.5, 0.6) is 0 Å². The van der Waals surface area contributed by atoms with Gasteiger partial charge in [-0.2, -0.15) is 0 Å². The molecule has 0 aromatic rings. The third kappa shape index (κ3) is 1.46. The zero-order valence-corrected chi connectivity index (χ0v) is 9.45. The maximum absolute atomic E-state index is 5.93. The highest BCUT2D eigenvalue weighted by molar-refractivity contribution is 5.09. The first-order valence-corrected chi connectivity index (χ1v) is 6.30. The van der Waals surface area contributed by atoms with Crippen LogP contribution in [0.3, 0.4) is 0 Å². The molecule has 0 N–H and O–H groups in total. The molecule has 2 heteroatoms. The van der Waals surface area contributed by atoms with E-state index in [1.807, 2.05) is 0 Å². The lowest BCUT2D eigenvalue weighted by molar-refractivity contribution is -0.215. The number of rotatable bonds is 2. The maximum Gasteiger partial charge on any atom is 0.171 e. The second-order valence-corrected chi connectivity index (χ2v) is 5.09. The molecule has 2 fully saturated rings. The Morgan fingerprint density at radius 1 is 1.20 bits per heavy atom. The molecule has 2 nitrogen and oxygen atoms in total. The molecule has 3 aliphatic carbocycles. The molecule has 0 radical (unpaired) electrons. The van der Waals surface area contributed by atoms with Gasteiger partial charge in [0.2, 0.25) is 0 Å². The summed E-state index contributed by atoms with van der Waals surface area (Å²) in [7, 11) is 0. The van der Waals surface area contributed by atoms with Crippen molar-refractivity contribution < 1.29 is 9.47 Å². The van der Waals surface area contributed by atoms with E-state index in [2.05, 4.69) is 19.1 Å². The molecule has 3 atom stereocenters. The van der Waals surface area contributed by atoms with Crippen LogP contribution >= 0.6 is 0 Å². The monoisotopic (exact) mass is 208 g/mol. The van der Waals surface area contributed by atoms with Gasteiger partial charge < -0.3 is 9.47 Å². The van der Waals surface area contributed by atoms with E-state index in [-0.39, 0.29) is 5.79 Å². The van der Waals surface area contributed by atoms with E-state index >= 15 is 0 Å². The molecule has 4 rings (SSSR count). The molecule has 2 bridgehead atoms. The molecule has 0 amide bonds. The van der Waals surface area contributed by atoms with Crippen LogP contribution in [0.4, 0.5) is 0 Å². The first kappa shape index (κ1) is 9.86. The summed E-state index contributed by atoms with van der Waals surface area (Å²) in [6.07, 6.45) is 9.79. The molecule has 0 aromatic carbocycles. The Kier molecular flexibility index (Phi) is 2.37. The normalized spacial score (nSPS) is 42.3. The van der Waals surface area contributed by atoms with Crippen LogP contribution in [-0.2, 0) is 9.47 Å². The van der Waals surface area contributed by atoms with E-state index in [1.165, 1.54) is 19.3 Å². The van der Waals surface area contributed by atoms with Crippen molar-refractivity contribution in [2.45, 2.75) is 38.4 Å². The lowest BCUT2D eigenvalue weighted by Gasteiger charge is -2.46. The van der Waals surface area contributed by atoms with Crippen LogP contribution in [-0.4, -0.2) is 19.0 Å². The van der Waals surface area contributed by atoms with Gasteiger partial charge in [0.15, 0.2) is 5.79 Å². The molecule has 84 valence electrons. The Morgan fingerprint density at radius 3 is 2.47 bits per heavy atom. The Morgan fingerprint density at radius 2 is 2.00 bits per heavy atom. The summed E-state index contributed by atoms with van der Waals surface area (Å²) in [6.45, 7) is 3.76. The molecule has 15 heavy (non-hydrogen) atoms. The summed E-state index contributed by atoms with van der Waals surface area (Å²) in [4.78, 5) is 0. The Labute approximate surface area is 91.6 Å². The van der Waals surface area contributed by atoms with Gasteiger partial charge >= 0.3 is 0 Å². The molecule has 1 heterocycles. The van der Waals surface area contributed by atoms with Crippen molar-refractivity contribution >= 4 is 0 Å². The standard InChI is InChI=1S/C13H20O2/c1-2-13(14-7-8-15-13)12-9-10-3-5-11(12)6-4-10/h3,5,10-12H,2,4,6-9H2,1H3/t10-,11+,12-/m0/s1. The summed E-state index contributed by atoms with van der Waals surface area (Å²) < 4.78 is 11.9. The molecule has 1 saturated heterocycles. The zero-order chi connectivity index (χ0) is 10.3. The third-order valence-electron chi connectivity index (χ3n) is 4.41. The summed E-state index contributed by atoms with van der Waals surface area (Å²) in [5.74, 6) is 1.85. The van der Waals surface area contributed by atoms with E-state index in [0.29, 0.717) is 11.8 Å². The highest BCUT2D eigenvalue weighted by Crippen LogP contribution is 2.49. The Bertz CT molecular complexity index is 266. The topological polar surface area (TPSA) is 18.5 Å². The van der Waals surface area contributed by atoms with Crippen molar-refractivity contribution in [1.29, 1.82) is 0 Å².